The summed E-state index contributed by atoms with van der Waals surface area (Å²) in [5.41, 5.74) is 4.60. The Hall–Kier alpha value is -3.51. The average molecular weight is 473 g/mol. The summed E-state index contributed by atoms with van der Waals surface area (Å²) in [4.78, 5) is 16.2. The molecule has 0 radical (unpaired) electrons. The molecule has 2 atom stereocenters. The number of aromatic hydroxyl groups is 1. The molecule has 2 bridgehead atoms. The molecule has 182 valence electrons. The van der Waals surface area contributed by atoms with E-state index < -0.39 is 6.09 Å². The number of anilines is 2. The monoisotopic (exact) mass is 472 g/mol. The van der Waals surface area contributed by atoms with Gasteiger partial charge >= 0.3 is 6.09 Å². The third kappa shape index (κ3) is 4.46. The van der Waals surface area contributed by atoms with Gasteiger partial charge in [0, 0.05) is 25.7 Å². The third-order valence-electron chi connectivity index (χ3n) is 7.72. The van der Waals surface area contributed by atoms with Gasteiger partial charge in [-0.3, -0.25) is 4.90 Å². The second-order valence-electron chi connectivity index (χ2n) is 9.77. The van der Waals surface area contributed by atoms with Crippen LogP contribution >= 0.6 is 0 Å². The minimum atomic E-state index is -1.09. The van der Waals surface area contributed by atoms with Gasteiger partial charge in [0.1, 0.15) is 0 Å². The fourth-order valence-corrected chi connectivity index (χ4v) is 6.21. The van der Waals surface area contributed by atoms with Crippen LogP contribution in [0, 0.1) is 18.8 Å². The Morgan fingerprint density at radius 3 is 2.37 bits per heavy atom. The van der Waals surface area contributed by atoms with Crippen molar-refractivity contribution < 1.29 is 19.7 Å². The third-order valence-corrected chi connectivity index (χ3v) is 7.72. The number of methoxy groups -OCH3 is 1. The van der Waals surface area contributed by atoms with Crippen LogP contribution in [0.2, 0.25) is 0 Å². The van der Waals surface area contributed by atoms with Crippen LogP contribution in [0.3, 0.4) is 0 Å². The van der Waals surface area contributed by atoms with Gasteiger partial charge in [-0.05, 0) is 72.4 Å². The van der Waals surface area contributed by atoms with Crippen LogP contribution in [0.1, 0.15) is 35.4 Å². The number of phenols is 1. The molecule has 2 aliphatic rings. The van der Waals surface area contributed by atoms with Crippen molar-refractivity contribution in [2.75, 3.05) is 25.1 Å². The molecule has 0 spiro atoms. The lowest BCUT2D eigenvalue weighted by molar-refractivity contribution is 0.138. The first-order valence-corrected chi connectivity index (χ1v) is 12.2. The molecule has 1 saturated heterocycles. The number of hydrogen-bond acceptors (Lipinski definition) is 4. The molecular weight excluding hydrogens is 440 g/mol. The molecule has 6 nitrogen and oxygen atoms in total. The number of amides is 1. The second kappa shape index (κ2) is 9.62. The van der Waals surface area contributed by atoms with Crippen LogP contribution in [-0.4, -0.2) is 41.4 Å². The summed E-state index contributed by atoms with van der Waals surface area (Å²) in [6.45, 7) is 5.14. The average Bonchev–Trinajstić information content (AvgIpc) is 3.10. The Kier molecular flexibility index (Phi) is 6.39. The van der Waals surface area contributed by atoms with Gasteiger partial charge in [-0.2, -0.15) is 0 Å². The zero-order chi connectivity index (χ0) is 24.5. The summed E-state index contributed by atoms with van der Waals surface area (Å²) in [5, 5.41) is 20.4. The summed E-state index contributed by atoms with van der Waals surface area (Å²) in [6.07, 6.45) is 1.33. The molecule has 2 N–H and O–H groups in total. The van der Waals surface area contributed by atoms with Crippen molar-refractivity contribution in [3.05, 3.63) is 83.4 Å². The van der Waals surface area contributed by atoms with Gasteiger partial charge in [0.2, 0.25) is 0 Å². The van der Waals surface area contributed by atoms with E-state index in [2.05, 4.69) is 41.3 Å². The first kappa shape index (κ1) is 23.2. The van der Waals surface area contributed by atoms with E-state index in [0.717, 1.165) is 25.2 Å². The number of likely N-dealkylation sites (tertiary alicyclic amines) is 1. The van der Waals surface area contributed by atoms with Crippen LogP contribution in [-0.2, 0) is 6.54 Å². The number of hydrogen-bond donors (Lipinski definition) is 2. The smallest absolute Gasteiger partial charge is 0.416 e. The number of fused-ring (bicyclic) bond motifs is 2. The van der Waals surface area contributed by atoms with Crippen molar-refractivity contribution in [1.29, 1.82) is 0 Å². The fourth-order valence-electron chi connectivity index (χ4n) is 6.21. The maximum Gasteiger partial charge on any atom is 0.416 e. The van der Waals surface area contributed by atoms with E-state index in [1.54, 1.807) is 12.1 Å². The highest BCUT2D eigenvalue weighted by Gasteiger charge is 2.43. The summed E-state index contributed by atoms with van der Waals surface area (Å²) in [5.74, 6) is 1.78. The van der Waals surface area contributed by atoms with Gasteiger partial charge in [0.15, 0.2) is 11.5 Å². The van der Waals surface area contributed by atoms with E-state index in [0.29, 0.717) is 34.9 Å². The largest absolute Gasteiger partial charge is 0.504 e. The number of benzene rings is 3. The normalized spacial score (nSPS) is 21.6. The van der Waals surface area contributed by atoms with E-state index in [9.17, 15) is 15.0 Å². The van der Waals surface area contributed by atoms with Crippen molar-refractivity contribution in [3.8, 4) is 11.5 Å². The maximum atomic E-state index is 12.4. The van der Waals surface area contributed by atoms with Crippen molar-refractivity contribution in [1.82, 2.24) is 4.90 Å². The van der Waals surface area contributed by atoms with Gasteiger partial charge < -0.3 is 14.9 Å². The molecule has 1 aliphatic heterocycles. The van der Waals surface area contributed by atoms with Gasteiger partial charge in [-0.1, -0.05) is 42.5 Å². The van der Waals surface area contributed by atoms with Crippen LogP contribution < -0.4 is 9.64 Å². The molecule has 3 aromatic rings. The van der Waals surface area contributed by atoms with Gasteiger partial charge in [0.25, 0.3) is 0 Å². The Labute approximate surface area is 206 Å². The van der Waals surface area contributed by atoms with Crippen molar-refractivity contribution >= 4 is 17.5 Å². The number of carbonyl (C=O) groups is 1. The van der Waals surface area contributed by atoms with E-state index in [1.807, 2.05) is 19.1 Å². The number of carboxylic acid groups (broad SMARTS) is 1. The van der Waals surface area contributed by atoms with E-state index >= 15 is 0 Å². The van der Waals surface area contributed by atoms with Crippen molar-refractivity contribution in [3.63, 3.8) is 0 Å². The lowest BCUT2D eigenvalue weighted by atomic mass is 9.78. The predicted molar refractivity (Wildman–Crippen MR) is 137 cm³/mol. The topological polar surface area (TPSA) is 73.2 Å². The molecule has 35 heavy (non-hydrogen) atoms. The molecular formula is C29H32N2O4. The zero-order valence-electron chi connectivity index (χ0n) is 20.2. The SMILES string of the molecule is COc1ccc(N(C(=O)O)c2cccc(C3C4CCC3CN(Cc3ccccc3)C4)c2C)cc1O. The minimum Gasteiger partial charge on any atom is -0.504 e. The molecule has 5 rings (SSSR count). The number of phenolic OH excluding ortho intramolecular Hbond substituents is 1. The molecule has 1 aliphatic carbocycles. The van der Waals surface area contributed by atoms with Gasteiger partial charge in [-0.25, -0.2) is 9.69 Å². The van der Waals surface area contributed by atoms with Crippen LogP contribution in [0.25, 0.3) is 0 Å². The highest BCUT2D eigenvalue weighted by molar-refractivity contribution is 5.96. The molecule has 1 saturated carbocycles. The highest BCUT2D eigenvalue weighted by atomic mass is 16.5. The van der Waals surface area contributed by atoms with Crippen molar-refractivity contribution in [2.45, 2.75) is 32.2 Å². The van der Waals surface area contributed by atoms with E-state index in [4.69, 9.17) is 4.74 Å². The number of rotatable bonds is 6. The predicted octanol–water partition coefficient (Wildman–Crippen LogP) is 6.15. The molecule has 3 aromatic carbocycles. The summed E-state index contributed by atoms with van der Waals surface area (Å²) in [6, 6.07) is 21.3. The van der Waals surface area contributed by atoms with Gasteiger partial charge in [-0.15, -0.1) is 0 Å². The molecule has 1 heterocycles. The number of piperidine rings is 1. The van der Waals surface area contributed by atoms with Gasteiger partial charge in [0.05, 0.1) is 18.5 Å². The first-order chi connectivity index (χ1) is 17.0. The Morgan fingerprint density at radius 2 is 1.74 bits per heavy atom. The van der Waals surface area contributed by atoms with Crippen LogP contribution in [0.15, 0.2) is 66.7 Å². The number of ether oxygens (including phenoxy) is 1. The molecule has 2 unspecified atom stereocenters. The summed E-state index contributed by atoms with van der Waals surface area (Å²) in [7, 11) is 1.47. The fraction of sp³-hybridized carbons (Fsp3) is 0.345. The molecule has 1 amide bonds. The van der Waals surface area contributed by atoms with E-state index in [-0.39, 0.29) is 5.75 Å². The first-order valence-electron chi connectivity index (χ1n) is 12.2. The van der Waals surface area contributed by atoms with Crippen LogP contribution in [0.5, 0.6) is 11.5 Å². The lowest BCUT2D eigenvalue weighted by Crippen LogP contribution is -2.40. The molecule has 0 aromatic heterocycles. The Balaban J connectivity index is 1.43. The maximum absolute atomic E-state index is 12.4. The Bertz CT molecular complexity index is 1200. The number of nitrogens with zero attached hydrogens (tertiary/aromatic N) is 2. The minimum absolute atomic E-state index is 0.0890. The highest BCUT2D eigenvalue weighted by Crippen LogP contribution is 2.50. The van der Waals surface area contributed by atoms with Crippen molar-refractivity contribution in [2.24, 2.45) is 11.8 Å². The zero-order valence-corrected chi connectivity index (χ0v) is 20.2. The standard InChI is InChI=1S/C29H32N2O4/c1-19-24(28-21-11-12-22(28)18-30(17-21)16-20-7-4-3-5-8-20)9-6-10-25(19)31(29(33)34)23-13-14-27(35-2)26(32)15-23/h3-10,13-15,21-22,28,32H,11-12,16-18H2,1-2H3,(H,33,34). The van der Waals surface area contributed by atoms with E-state index in [1.165, 1.54) is 42.0 Å². The van der Waals surface area contributed by atoms with Crippen LogP contribution in [0.4, 0.5) is 16.2 Å². The lowest BCUT2D eigenvalue weighted by Gasteiger charge is -2.39. The second-order valence-corrected chi connectivity index (χ2v) is 9.77. The Morgan fingerprint density at radius 1 is 1.03 bits per heavy atom. The quantitative estimate of drug-likeness (QED) is 0.450. The molecule has 2 fully saturated rings. The summed E-state index contributed by atoms with van der Waals surface area (Å²) >= 11 is 0. The summed E-state index contributed by atoms with van der Waals surface area (Å²) < 4.78 is 5.12. The molecule has 6 heteroatoms.